The summed E-state index contributed by atoms with van der Waals surface area (Å²) in [6.07, 6.45) is 25.7. The quantitative estimate of drug-likeness (QED) is 0.419. The van der Waals surface area contributed by atoms with Crippen LogP contribution in [-0.2, 0) is 0 Å². The Kier molecular flexibility index (Phi) is 10.1. The van der Waals surface area contributed by atoms with Crippen LogP contribution in [0.25, 0.3) is 6.08 Å². The molecule has 1 aromatic carbocycles. The lowest BCUT2D eigenvalue weighted by molar-refractivity contribution is 0.0941. The van der Waals surface area contributed by atoms with Crippen LogP contribution in [0, 0.1) is 0 Å². The lowest BCUT2D eigenvalue weighted by atomic mass is 9.84. The van der Waals surface area contributed by atoms with E-state index in [2.05, 4.69) is 35.3 Å². The zero-order valence-electron chi connectivity index (χ0n) is 18.7. The molecule has 30 heavy (non-hydrogen) atoms. The van der Waals surface area contributed by atoms with E-state index in [-0.39, 0.29) is 12.4 Å². The SMILES string of the molecule is Cl.Clc1cc(/C=C/CN(C2CCCCC2)C2CCCCC2)ccc1C1CCCCC1. The van der Waals surface area contributed by atoms with Crippen molar-refractivity contribution in [2.24, 2.45) is 0 Å². The van der Waals surface area contributed by atoms with Crippen LogP contribution >= 0.6 is 24.0 Å². The van der Waals surface area contributed by atoms with Gasteiger partial charge in [-0.15, -0.1) is 12.4 Å². The number of hydrogen-bond acceptors (Lipinski definition) is 1. The van der Waals surface area contributed by atoms with Crippen molar-refractivity contribution in [2.45, 2.75) is 114 Å². The van der Waals surface area contributed by atoms with Crippen LogP contribution in [0.3, 0.4) is 0 Å². The van der Waals surface area contributed by atoms with Crippen LogP contribution in [0.4, 0.5) is 0 Å². The first kappa shape index (κ1) is 24.1. The van der Waals surface area contributed by atoms with Gasteiger partial charge < -0.3 is 0 Å². The van der Waals surface area contributed by atoms with Gasteiger partial charge in [-0.25, -0.2) is 0 Å². The molecule has 0 amide bonds. The van der Waals surface area contributed by atoms with Crippen molar-refractivity contribution in [3.63, 3.8) is 0 Å². The summed E-state index contributed by atoms with van der Waals surface area (Å²) in [5, 5.41) is 0.982. The smallest absolute Gasteiger partial charge is 0.0446 e. The van der Waals surface area contributed by atoms with E-state index in [0.717, 1.165) is 23.7 Å². The topological polar surface area (TPSA) is 3.24 Å². The number of rotatable bonds is 6. The highest BCUT2D eigenvalue weighted by atomic mass is 35.5. The predicted molar refractivity (Wildman–Crippen MR) is 134 cm³/mol. The van der Waals surface area contributed by atoms with Crippen molar-refractivity contribution in [3.8, 4) is 0 Å². The lowest BCUT2D eigenvalue weighted by Crippen LogP contribution is -2.45. The highest BCUT2D eigenvalue weighted by Gasteiger charge is 2.27. The molecule has 0 radical (unpaired) electrons. The Bertz CT molecular complexity index is 635. The molecule has 0 aliphatic heterocycles. The normalized spacial score (nSPS) is 22.5. The molecule has 168 valence electrons. The molecule has 0 spiro atoms. The second-order valence-electron chi connectivity index (χ2n) is 9.80. The van der Waals surface area contributed by atoms with E-state index in [1.165, 1.54) is 107 Å². The molecule has 3 fully saturated rings. The minimum absolute atomic E-state index is 0. The van der Waals surface area contributed by atoms with E-state index in [0.29, 0.717) is 5.92 Å². The summed E-state index contributed by atoms with van der Waals surface area (Å²) < 4.78 is 0. The van der Waals surface area contributed by atoms with E-state index < -0.39 is 0 Å². The fourth-order valence-corrected chi connectivity index (χ4v) is 6.47. The third-order valence-electron chi connectivity index (χ3n) is 7.78. The van der Waals surface area contributed by atoms with Crippen LogP contribution in [0.2, 0.25) is 5.02 Å². The summed E-state index contributed by atoms with van der Waals surface area (Å²) in [6.45, 7) is 1.11. The number of benzene rings is 1. The molecular formula is C27H41Cl2N. The fraction of sp³-hybridized carbons (Fsp3) is 0.704. The van der Waals surface area contributed by atoms with Gasteiger partial charge in [-0.3, -0.25) is 4.90 Å². The molecule has 1 nitrogen and oxygen atoms in total. The molecule has 3 aliphatic carbocycles. The van der Waals surface area contributed by atoms with Crippen molar-refractivity contribution in [1.82, 2.24) is 4.90 Å². The molecule has 3 aliphatic rings. The molecule has 0 N–H and O–H groups in total. The molecule has 0 aromatic heterocycles. The van der Waals surface area contributed by atoms with Crippen LogP contribution < -0.4 is 0 Å². The maximum atomic E-state index is 6.70. The minimum Gasteiger partial charge on any atom is -0.294 e. The highest BCUT2D eigenvalue weighted by Crippen LogP contribution is 2.37. The maximum Gasteiger partial charge on any atom is 0.0446 e. The van der Waals surface area contributed by atoms with Gasteiger partial charge in [0.25, 0.3) is 0 Å². The molecule has 0 saturated heterocycles. The van der Waals surface area contributed by atoms with Crippen molar-refractivity contribution >= 4 is 30.1 Å². The summed E-state index contributed by atoms with van der Waals surface area (Å²) in [7, 11) is 0. The van der Waals surface area contributed by atoms with Gasteiger partial charge in [0, 0.05) is 23.7 Å². The largest absolute Gasteiger partial charge is 0.294 e. The third-order valence-corrected chi connectivity index (χ3v) is 8.11. The first-order chi connectivity index (χ1) is 14.3. The van der Waals surface area contributed by atoms with Gasteiger partial charge in [-0.2, -0.15) is 0 Å². The van der Waals surface area contributed by atoms with Crippen LogP contribution in [0.5, 0.6) is 0 Å². The van der Waals surface area contributed by atoms with E-state index >= 15 is 0 Å². The van der Waals surface area contributed by atoms with Crippen LogP contribution in [0.1, 0.15) is 113 Å². The Labute approximate surface area is 196 Å². The Morgan fingerprint density at radius 1 is 0.767 bits per heavy atom. The van der Waals surface area contributed by atoms with Crippen molar-refractivity contribution in [1.29, 1.82) is 0 Å². The summed E-state index contributed by atoms with van der Waals surface area (Å²) in [6, 6.07) is 8.42. The first-order valence-electron chi connectivity index (χ1n) is 12.5. The molecule has 1 aromatic rings. The van der Waals surface area contributed by atoms with E-state index in [1.54, 1.807) is 0 Å². The molecule has 0 unspecified atom stereocenters. The molecular weight excluding hydrogens is 409 g/mol. The first-order valence-corrected chi connectivity index (χ1v) is 12.9. The molecule has 4 rings (SSSR count). The van der Waals surface area contributed by atoms with Gasteiger partial charge in [0.1, 0.15) is 0 Å². The summed E-state index contributed by atoms with van der Waals surface area (Å²) in [5.74, 6) is 0.683. The molecule has 0 atom stereocenters. The second-order valence-corrected chi connectivity index (χ2v) is 10.2. The van der Waals surface area contributed by atoms with Gasteiger partial charge >= 0.3 is 0 Å². The van der Waals surface area contributed by atoms with E-state index in [1.807, 2.05) is 0 Å². The zero-order chi connectivity index (χ0) is 19.9. The van der Waals surface area contributed by atoms with Gasteiger partial charge in [0.05, 0.1) is 0 Å². The standard InChI is InChI=1S/C27H40ClN.ClH/c28-27-21-22(18-19-26(27)23-12-4-1-5-13-23)11-10-20-29(24-14-6-2-7-15-24)25-16-8-3-9-17-25;/h10-11,18-19,21,23-25H,1-9,12-17,20H2;1H/b11-10+;. The molecule has 3 saturated carbocycles. The van der Waals surface area contributed by atoms with Gasteiger partial charge in [0.15, 0.2) is 0 Å². The number of halogens is 2. The molecule has 0 bridgehead atoms. The Hall–Kier alpha value is -0.500. The third kappa shape index (κ3) is 6.50. The van der Waals surface area contributed by atoms with E-state index in [9.17, 15) is 0 Å². The summed E-state index contributed by atoms with van der Waals surface area (Å²) in [4.78, 5) is 2.87. The van der Waals surface area contributed by atoms with Gasteiger partial charge in [-0.05, 0) is 61.6 Å². The zero-order valence-corrected chi connectivity index (χ0v) is 20.2. The molecule has 0 heterocycles. The average Bonchev–Trinajstić information content (AvgIpc) is 2.79. The molecule has 3 heteroatoms. The Balaban J connectivity index is 0.00000256. The Morgan fingerprint density at radius 2 is 1.30 bits per heavy atom. The van der Waals surface area contributed by atoms with Crippen LogP contribution in [0.15, 0.2) is 24.3 Å². The van der Waals surface area contributed by atoms with E-state index in [4.69, 9.17) is 11.6 Å². The average molecular weight is 451 g/mol. The lowest BCUT2D eigenvalue weighted by Gasteiger charge is -2.41. The summed E-state index contributed by atoms with van der Waals surface area (Å²) in [5.41, 5.74) is 2.65. The number of nitrogens with zero attached hydrogens (tertiary/aromatic N) is 1. The Morgan fingerprint density at radius 3 is 1.83 bits per heavy atom. The highest BCUT2D eigenvalue weighted by molar-refractivity contribution is 6.31. The second kappa shape index (κ2) is 12.5. The number of hydrogen-bond donors (Lipinski definition) is 0. The van der Waals surface area contributed by atoms with Crippen molar-refractivity contribution in [2.75, 3.05) is 6.54 Å². The summed E-state index contributed by atoms with van der Waals surface area (Å²) >= 11 is 6.70. The predicted octanol–water partition coefficient (Wildman–Crippen LogP) is 8.79. The maximum absolute atomic E-state index is 6.70. The van der Waals surface area contributed by atoms with Crippen molar-refractivity contribution in [3.05, 3.63) is 40.4 Å². The van der Waals surface area contributed by atoms with Crippen molar-refractivity contribution < 1.29 is 0 Å². The van der Waals surface area contributed by atoms with Gasteiger partial charge in [-0.1, -0.05) is 93.7 Å². The fourth-order valence-electron chi connectivity index (χ4n) is 6.12. The monoisotopic (exact) mass is 449 g/mol. The van der Waals surface area contributed by atoms with Gasteiger partial charge in [0.2, 0.25) is 0 Å². The van der Waals surface area contributed by atoms with Crippen LogP contribution in [-0.4, -0.2) is 23.5 Å². The minimum atomic E-state index is 0.